The summed E-state index contributed by atoms with van der Waals surface area (Å²) in [6.45, 7) is -0.199. The van der Waals surface area contributed by atoms with Gasteiger partial charge in [0, 0.05) is 6.54 Å². The highest BCUT2D eigenvalue weighted by Crippen LogP contribution is 2.20. The number of aliphatic hydroxyl groups excluding tert-OH is 1. The third kappa shape index (κ3) is 3.49. The summed E-state index contributed by atoms with van der Waals surface area (Å²) in [5.74, 6) is -5.57. The van der Waals surface area contributed by atoms with E-state index in [4.69, 9.17) is 0 Å². The van der Waals surface area contributed by atoms with Crippen LogP contribution in [0.25, 0.3) is 10.8 Å². The molecule has 0 aliphatic carbocycles. The second-order valence-electron chi connectivity index (χ2n) is 5.56. The van der Waals surface area contributed by atoms with Crippen LogP contribution in [0.1, 0.15) is 22.0 Å². The molecular formula is C19H14F3NO2. The van der Waals surface area contributed by atoms with Crippen molar-refractivity contribution in [1.29, 1.82) is 0 Å². The largest absolute Gasteiger partial charge is 0.387 e. The van der Waals surface area contributed by atoms with Crippen molar-refractivity contribution < 1.29 is 23.1 Å². The van der Waals surface area contributed by atoms with Gasteiger partial charge in [0.2, 0.25) is 0 Å². The van der Waals surface area contributed by atoms with E-state index in [0.717, 1.165) is 16.8 Å². The molecule has 0 saturated carbocycles. The molecule has 0 aliphatic rings. The van der Waals surface area contributed by atoms with Gasteiger partial charge in [0.15, 0.2) is 17.5 Å². The minimum absolute atomic E-state index is 0.199. The molecule has 0 heterocycles. The molecule has 0 radical (unpaired) electrons. The first-order valence-corrected chi connectivity index (χ1v) is 7.56. The maximum atomic E-state index is 13.6. The van der Waals surface area contributed by atoms with Crippen molar-refractivity contribution in [2.45, 2.75) is 6.10 Å². The van der Waals surface area contributed by atoms with Crippen LogP contribution in [0.4, 0.5) is 13.2 Å². The Bertz CT molecular complexity index is 943. The molecule has 6 heteroatoms. The van der Waals surface area contributed by atoms with E-state index in [1.807, 2.05) is 30.3 Å². The van der Waals surface area contributed by atoms with Gasteiger partial charge in [-0.25, -0.2) is 13.2 Å². The number of nitrogens with one attached hydrogen (secondary N) is 1. The molecular weight excluding hydrogens is 331 g/mol. The lowest BCUT2D eigenvalue weighted by Crippen LogP contribution is -2.29. The first-order valence-electron chi connectivity index (χ1n) is 7.56. The van der Waals surface area contributed by atoms with Gasteiger partial charge in [-0.1, -0.05) is 36.4 Å². The Labute approximate surface area is 141 Å². The van der Waals surface area contributed by atoms with E-state index in [2.05, 4.69) is 5.32 Å². The lowest BCUT2D eigenvalue weighted by Gasteiger charge is -2.13. The van der Waals surface area contributed by atoms with Crippen molar-refractivity contribution in [2.75, 3.05) is 6.54 Å². The number of halogens is 3. The van der Waals surface area contributed by atoms with Crippen LogP contribution in [-0.2, 0) is 0 Å². The molecule has 3 aromatic carbocycles. The first-order chi connectivity index (χ1) is 12.0. The summed E-state index contributed by atoms with van der Waals surface area (Å²) in [6.07, 6.45) is -1.03. The van der Waals surface area contributed by atoms with Crippen LogP contribution < -0.4 is 5.32 Å². The monoisotopic (exact) mass is 345 g/mol. The summed E-state index contributed by atoms with van der Waals surface area (Å²) in [5.41, 5.74) is -0.0469. The smallest absolute Gasteiger partial charge is 0.254 e. The Morgan fingerprint density at radius 3 is 2.44 bits per heavy atom. The zero-order valence-electron chi connectivity index (χ0n) is 13.0. The van der Waals surface area contributed by atoms with Crippen LogP contribution in [0.15, 0.2) is 54.6 Å². The molecule has 0 saturated heterocycles. The molecule has 1 unspecified atom stereocenters. The highest BCUT2D eigenvalue weighted by molar-refractivity contribution is 5.94. The van der Waals surface area contributed by atoms with Gasteiger partial charge in [-0.3, -0.25) is 4.79 Å². The van der Waals surface area contributed by atoms with Gasteiger partial charge in [-0.2, -0.15) is 0 Å². The molecule has 2 N–H and O–H groups in total. The molecule has 25 heavy (non-hydrogen) atoms. The molecule has 3 aromatic rings. The van der Waals surface area contributed by atoms with Crippen LogP contribution in [0.3, 0.4) is 0 Å². The molecule has 0 bridgehead atoms. The third-order valence-electron chi connectivity index (χ3n) is 3.89. The van der Waals surface area contributed by atoms with Crippen LogP contribution >= 0.6 is 0 Å². The number of hydrogen-bond donors (Lipinski definition) is 2. The van der Waals surface area contributed by atoms with E-state index >= 15 is 0 Å². The second-order valence-corrected chi connectivity index (χ2v) is 5.56. The lowest BCUT2D eigenvalue weighted by molar-refractivity contribution is 0.0911. The van der Waals surface area contributed by atoms with Gasteiger partial charge in [-0.05, 0) is 34.5 Å². The Morgan fingerprint density at radius 2 is 1.68 bits per heavy atom. The summed E-state index contributed by atoms with van der Waals surface area (Å²) in [4.78, 5) is 11.9. The minimum Gasteiger partial charge on any atom is -0.387 e. The van der Waals surface area contributed by atoms with E-state index in [-0.39, 0.29) is 6.54 Å². The van der Waals surface area contributed by atoms with Crippen molar-refractivity contribution in [3.63, 3.8) is 0 Å². The fraction of sp³-hybridized carbons (Fsp3) is 0.105. The summed E-state index contributed by atoms with van der Waals surface area (Å²) in [7, 11) is 0. The topological polar surface area (TPSA) is 49.3 Å². The molecule has 1 atom stereocenters. The Morgan fingerprint density at radius 1 is 0.960 bits per heavy atom. The summed E-state index contributed by atoms with van der Waals surface area (Å²) < 4.78 is 39.7. The predicted octanol–water partition coefficient (Wildman–Crippen LogP) is 3.72. The number of fused-ring (bicyclic) bond motifs is 1. The zero-order valence-corrected chi connectivity index (χ0v) is 13.0. The van der Waals surface area contributed by atoms with Crippen LogP contribution in [0, 0.1) is 17.5 Å². The van der Waals surface area contributed by atoms with Crippen LogP contribution in [0.5, 0.6) is 0 Å². The van der Waals surface area contributed by atoms with Crippen molar-refractivity contribution in [3.05, 3.63) is 83.2 Å². The minimum atomic E-state index is -1.71. The molecule has 1 amide bonds. The standard InChI is InChI=1S/C19H14F3NO2/c20-15-8-7-14(17(21)18(15)22)19(25)23-10-16(24)13-6-5-11-3-1-2-4-12(11)9-13/h1-9,16,24H,10H2,(H,23,25). The summed E-state index contributed by atoms with van der Waals surface area (Å²) in [6, 6.07) is 14.5. The quantitative estimate of drug-likeness (QED) is 0.708. The van der Waals surface area contributed by atoms with Crippen molar-refractivity contribution in [3.8, 4) is 0 Å². The number of amides is 1. The lowest BCUT2D eigenvalue weighted by atomic mass is 10.0. The van der Waals surface area contributed by atoms with E-state index in [1.165, 1.54) is 0 Å². The van der Waals surface area contributed by atoms with Gasteiger partial charge >= 0.3 is 0 Å². The average Bonchev–Trinajstić information content (AvgIpc) is 2.63. The number of carbonyl (C=O) groups excluding carboxylic acids is 1. The van der Waals surface area contributed by atoms with E-state index in [9.17, 15) is 23.1 Å². The molecule has 0 aliphatic heterocycles. The predicted molar refractivity (Wildman–Crippen MR) is 87.6 cm³/mol. The summed E-state index contributed by atoms with van der Waals surface area (Å²) >= 11 is 0. The maximum absolute atomic E-state index is 13.6. The number of benzene rings is 3. The van der Waals surface area contributed by atoms with Gasteiger partial charge in [0.05, 0.1) is 11.7 Å². The van der Waals surface area contributed by atoms with Crippen molar-refractivity contribution >= 4 is 16.7 Å². The first kappa shape index (κ1) is 17.0. The molecule has 128 valence electrons. The molecule has 3 rings (SSSR count). The van der Waals surface area contributed by atoms with E-state index in [0.29, 0.717) is 11.6 Å². The Balaban J connectivity index is 1.72. The average molecular weight is 345 g/mol. The molecule has 3 nitrogen and oxygen atoms in total. The van der Waals surface area contributed by atoms with Gasteiger partial charge in [0.25, 0.3) is 5.91 Å². The fourth-order valence-electron chi connectivity index (χ4n) is 2.52. The SMILES string of the molecule is O=C(NCC(O)c1ccc2ccccc2c1)c1ccc(F)c(F)c1F. The Hall–Kier alpha value is -2.86. The Kier molecular flexibility index (Phi) is 4.72. The van der Waals surface area contributed by atoms with Gasteiger partial charge in [-0.15, -0.1) is 0 Å². The highest BCUT2D eigenvalue weighted by atomic mass is 19.2. The molecule has 0 aromatic heterocycles. The fourth-order valence-corrected chi connectivity index (χ4v) is 2.52. The van der Waals surface area contributed by atoms with Crippen LogP contribution in [-0.4, -0.2) is 17.6 Å². The number of aliphatic hydroxyl groups is 1. The van der Waals surface area contributed by atoms with E-state index in [1.54, 1.807) is 12.1 Å². The third-order valence-corrected chi connectivity index (χ3v) is 3.89. The highest BCUT2D eigenvalue weighted by Gasteiger charge is 2.19. The number of carbonyl (C=O) groups is 1. The second kappa shape index (κ2) is 6.94. The molecule has 0 fully saturated rings. The number of hydrogen-bond acceptors (Lipinski definition) is 2. The molecule has 0 spiro atoms. The van der Waals surface area contributed by atoms with E-state index < -0.39 is 35.0 Å². The van der Waals surface area contributed by atoms with Crippen LogP contribution in [0.2, 0.25) is 0 Å². The number of rotatable bonds is 4. The van der Waals surface area contributed by atoms with Gasteiger partial charge in [0.1, 0.15) is 0 Å². The van der Waals surface area contributed by atoms with Crippen molar-refractivity contribution in [1.82, 2.24) is 5.32 Å². The summed E-state index contributed by atoms with van der Waals surface area (Å²) in [5, 5.41) is 14.4. The van der Waals surface area contributed by atoms with Crippen molar-refractivity contribution in [2.24, 2.45) is 0 Å². The zero-order chi connectivity index (χ0) is 18.0. The normalized spacial score (nSPS) is 12.2. The van der Waals surface area contributed by atoms with Gasteiger partial charge < -0.3 is 10.4 Å². The maximum Gasteiger partial charge on any atom is 0.254 e.